The van der Waals surface area contributed by atoms with Crippen LogP contribution < -0.4 is 0 Å². The highest BCUT2D eigenvalue weighted by atomic mass is 16.6. The highest BCUT2D eigenvalue weighted by molar-refractivity contribution is 5.81. The number of piperidine rings is 1. The average Bonchev–Trinajstić information content (AvgIpc) is 2.36. The number of aliphatic hydroxyl groups excluding tert-OH is 1. The Morgan fingerprint density at radius 3 is 2.50 bits per heavy atom. The molecule has 0 unspecified atom stereocenters. The molecular formula is C14H25NO5. The number of likely N-dealkylation sites (tertiary alicyclic amines) is 1. The lowest BCUT2D eigenvalue weighted by atomic mass is 9.92. The Balaban J connectivity index is 2.80. The normalized spacial score (nSPS) is 23.4. The molecule has 1 fully saturated rings. The van der Waals surface area contributed by atoms with Crippen molar-refractivity contribution in [1.82, 2.24) is 4.90 Å². The summed E-state index contributed by atoms with van der Waals surface area (Å²) in [6.45, 7) is 7.74. The first-order valence-corrected chi connectivity index (χ1v) is 7.05. The zero-order valence-corrected chi connectivity index (χ0v) is 12.7. The molecule has 116 valence electrons. The largest absolute Gasteiger partial charge is 0.464 e. The van der Waals surface area contributed by atoms with Gasteiger partial charge in [-0.05, 0) is 46.5 Å². The smallest absolute Gasteiger partial charge is 0.411 e. The topological polar surface area (TPSA) is 76.1 Å². The van der Waals surface area contributed by atoms with Gasteiger partial charge in [0.25, 0.3) is 0 Å². The van der Waals surface area contributed by atoms with Gasteiger partial charge in [-0.25, -0.2) is 9.59 Å². The molecule has 1 aliphatic rings. The van der Waals surface area contributed by atoms with Crippen LogP contribution in [0, 0.1) is 5.92 Å². The third kappa shape index (κ3) is 4.67. The number of carbonyl (C=O) groups excluding carboxylic acids is 2. The maximum atomic E-state index is 12.2. The second-order valence-electron chi connectivity index (χ2n) is 6.01. The van der Waals surface area contributed by atoms with Crippen molar-refractivity contribution in [2.24, 2.45) is 5.92 Å². The molecule has 1 N–H and O–H groups in total. The molecule has 0 bridgehead atoms. The van der Waals surface area contributed by atoms with Crippen LogP contribution in [0.15, 0.2) is 0 Å². The molecule has 0 aromatic heterocycles. The number of ether oxygens (including phenoxy) is 2. The standard InChI is InChI=1S/C14H25NO5/c1-5-19-12(17)11-8-10(9-16)6-7-15(11)13(18)20-14(2,3)4/h10-11,16H,5-9H2,1-4H3/t10-,11-/m1/s1. The van der Waals surface area contributed by atoms with E-state index in [-0.39, 0.29) is 19.1 Å². The minimum absolute atomic E-state index is 0.0120. The summed E-state index contributed by atoms with van der Waals surface area (Å²) in [5, 5.41) is 9.24. The molecule has 0 saturated carbocycles. The fraction of sp³-hybridized carbons (Fsp3) is 0.857. The van der Waals surface area contributed by atoms with Crippen LogP contribution in [-0.4, -0.2) is 53.5 Å². The molecule has 1 saturated heterocycles. The highest BCUT2D eigenvalue weighted by Crippen LogP contribution is 2.25. The summed E-state index contributed by atoms with van der Waals surface area (Å²) in [6.07, 6.45) is 0.562. The molecule has 0 spiro atoms. The second-order valence-corrected chi connectivity index (χ2v) is 6.01. The lowest BCUT2D eigenvalue weighted by Gasteiger charge is -2.38. The lowest BCUT2D eigenvalue weighted by Crippen LogP contribution is -2.52. The van der Waals surface area contributed by atoms with Crippen LogP contribution >= 0.6 is 0 Å². The van der Waals surface area contributed by atoms with E-state index < -0.39 is 23.7 Å². The van der Waals surface area contributed by atoms with Crippen LogP contribution in [0.5, 0.6) is 0 Å². The first-order chi connectivity index (χ1) is 9.28. The summed E-state index contributed by atoms with van der Waals surface area (Å²) in [7, 11) is 0. The van der Waals surface area contributed by atoms with Crippen molar-refractivity contribution in [3.8, 4) is 0 Å². The van der Waals surface area contributed by atoms with Gasteiger partial charge < -0.3 is 14.6 Å². The molecule has 20 heavy (non-hydrogen) atoms. The number of hydrogen-bond donors (Lipinski definition) is 1. The lowest BCUT2D eigenvalue weighted by molar-refractivity contribution is -0.151. The first-order valence-electron chi connectivity index (χ1n) is 7.05. The van der Waals surface area contributed by atoms with Crippen LogP contribution in [0.25, 0.3) is 0 Å². The van der Waals surface area contributed by atoms with Crippen LogP contribution in [0.4, 0.5) is 4.79 Å². The molecule has 1 heterocycles. The van der Waals surface area contributed by atoms with Gasteiger partial charge in [-0.3, -0.25) is 4.90 Å². The number of hydrogen-bond acceptors (Lipinski definition) is 5. The van der Waals surface area contributed by atoms with E-state index in [1.54, 1.807) is 27.7 Å². The monoisotopic (exact) mass is 287 g/mol. The minimum Gasteiger partial charge on any atom is -0.464 e. The number of rotatable bonds is 3. The predicted molar refractivity (Wildman–Crippen MR) is 73.2 cm³/mol. The molecule has 1 rings (SSSR count). The Bertz CT molecular complexity index is 350. The molecule has 0 aromatic carbocycles. The first kappa shape index (κ1) is 16.8. The third-order valence-corrected chi connectivity index (χ3v) is 3.16. The molecule has 1 amide bonds. The van der Waals surface area contributed by atoms with Crippen molar-refractivity contribution in [3.63, 3.8) is 0 Å². The highest BCUT2D eigenvalue weighted by Gasteiger charge is 2.38. The summed E-state index contributed by atoms with van der Waals surface area (Å²) in [5.74, 6) is -0.417. The Morgan fingerprint density at radius 2 is 2.00 bits per heavy atom. The molecule has 6 heteroatoms. The Kier molecular flexibility index (Phi) is 5.80. The summed E-state index contributed by atoms with van der Waals surface area (Å²) in [5.41, 5.74) is -0.607. The van der Waals surface area contributed by atoms with E-state index in [0.29, 0.717) is 19.4 Å². The third-order valence-electron chi connectivity index (χ3n) is 3.16. The number of amides is 1. The minimum atomic E-state index is -0.671. The van der Waals surface area contributed by atoms with Crippen molar-refractivity contribution in [1.29, 1.82) is 0 Å². The van der Waals surface area contributed by atoms with Crippen molar-refractivity contribution < 1.29 is 24.2 Å². The number of aliphatic hydroxyl groups is 1. The van der Waals surface area contributed by atoms with Gasteiger partial charge in [0.2, 0.25) is 0 Å². The number of esters is 1. The molecule has 0 radical (unpaired) electrons. The molecule has 2 atom stereocenters. The van der Waals surface area contributed by atoms with E-state index in [1.807, 2.05) is 0 Å². The van der Waals surface area contributed by atoms with Crippen LogP contribution in [0.2, 0.25) is 0 Å². The summed E-state index contributed by atoms with van der Waals surface area (Å²) in [4.78, 5) is 25.6. The van der Waals surface area contributed by atoms with E-state index in [0.717, 1.165) is 0 Å². The molecule has 0 aromatic rings. The van der Waals surface area contributed by atoms with Crippen LogP contribution in [0.1, 0.15) is 40.5 Å². The fourth-order valence-corrected chi connectivity index (χ4v) is 2.21. The Morgan fingerprint density at radius 1 is 1.35 bits per heavy atom. The van der Waals surface area contributed by atoms with Crippen LogP contribution in [0.3, 0.4) is 0 Å². The molecular weight excluding hydrogens is 262 g/mol. The predicted octanol–water partition coefficient (Wildman–Crippen LogP) is 1.56. The van der Waals surface area contributed by atoms with E-state index in [2.05, 4.69) is 0 Å². The molecule has 0 aliphatic carbocycles. The van der Waals surface area contributed by atoms with Crippen molar-refractivity contribution in [3.05, 3.63) is 0 Å². The quantitative estimate of drug-likeness (QED) is 0.797. The van der Waals surface area contributed by atoms with Gasteiger partial charge in [0.05, 0.1) is 6.61 Å². The van der Waals surface area contributed by atoms with E-state index >= 15 is 0 Å². The van der Waals surface area contributed by atoms with E-state index in [9.17, 15) is 14.7 Å². The number of nitrogens with zero attached hydrogens (tertiary/aromatic N) is 1. The summed E-state index contributed by atoms with van der Waals surface area (Å²) in [6, 6.07) is -0.671. The van der Waals surface area contributed by atoms with E-state index in [4.69, 9.17) is 9.47 Å². The Labute approximate surface area is 120 Å². The zero-order chi connectivity index (χ0) is 15.3. The summed E-state index contributed by atoms with van der Waals surface area (Å²) >= 11 is 0. The van der Waals surface area contributed by atoms with Crippen LogP contribution in [-0.2, 0) is 14.3 Å². The number of carbonyl (C=O) groups is 2. The van der Waals surface area contributed by atoms with Gasteiger partial charge >= 0.3 is 12.1 Å². The van der Waals surface area contributed by atoms with Crippen molar-refractivity contribution in [2.45, 2.75) is 52.2 Å². The molecule has 6 nitrogen and oxygen atoms in total. The molecule has 1 aliphatic heterocycles. The maximum Gasteiger partial charge on any atom is 0.411 e. The van der Waals surface area contributed by atoms with Gasteiger partial charge in [0, 0.05) is 13.2 Å². The summed E-state index contributed by atoms with van der Waals surface area (Å²) < 4.78 is 10.3. The van der Waals surface area contributed by atoms with Gasteiger partial charge in [0.15, 0.2) is 0 Å². The van der Waals surface area contributed by atoms with Crippen molar-refractivity contribution in [2.75, 3.05) is 19.8 Å². The van der Waals surface area contributed by atoms with E-state index in [1.165, 1.54) is 4.90 Å². The fourth-order valence-electron chi connectivity index (χ4n) is 2.21. The van der Waals surface area contributed by atoms with Gasteiger partial charge in [-0.2, -0.15) is 0 Å². The SMILES string of the molecule is CCOC(=O)[C@H]1C[C@H](CO)CCN1C(=O)OC(C)(C)C. The van der Waals surface area contributed by atoms with Crippen molar-refractivity contribution >= 4 is 12.1 Å². The second kappa shape index (κ2) is 6.92. The van der Waals surface area contributed by atoms with Gasteiger partial charge in [-0.1, -0.05) is 0 Å². The maximum absolute atomic E-state index is 12.2. The Hall–Kier alpha value is -1.30. The zero-order valence-electron chi connectivity index (χ0n) is 12.7. The average molecular weight is 287 g/mol. The van der Waals surface area contributed by atoms with Gasteiger partial charge in [0.1, 0.15) is 11.6 Å². The van der Waals surface area contributed by atoms with Gasteiger partial charge in [-0.15, -0.1) is 0 Å².